The predicted molar refractivity (Wildman–Crippen MR) is 61.1 cm³/mol. The SMILES string of the molecule is CC(OS(=O)(=O)c1ccc(Cl)cc1)C(F)(F)[N+](=O)[O-]. The Hall–Kier alpha value is -1.32. The molecule has 6 nitrogen and oxygen atoms in total. The lowest BCUT2D eigenvalue weighted by atomic mass is 10.4. The summed E-state index contributed by atoms with van der Waals surface area (Å²) >= 11 is 5.54. The van der Waals surface area contributed by atoms with E-state index in [-0.39, 0.29) is 5.02 Å². The maximum atomic E-state index is 12.9. The molecule has 1 aromatic rings. The second kappa shape index (κ2) is 5.35. The zero-order valence-corrected chi connectivity index (χ0v) is 11.0. The molecule has 10 heteroatoms. The van der Waals surface area contributed by atoms with Crippen molar-refractivity contribution in [3.8, 4) is 0 Å². The van der Waals surface area contributed by atoms with Gasteiger partial charge < -0.3 is 0 Å². The Kier molecular flexibility index (Phi) is 4.43. The van der Waals surface area contributed by atoms with Crippen LogP contribution in [-0.2, 0) is 14.3 Å². The van der Waals surface area contributed by atoms with Crippen LogP contribution in [0, 0.1) is 10.1 Å². The topological polar surface area (TPSA) is 86.5 Å². The molecule has 0 aliphatic rings. The number of nitro groups is 1. The van der Waals surface area contributed by atoms with Gasteiger partial charge in [0.05, 0.1) is 9.82 Å². The highest BCUT2D eigenvalue weighted by Crippen LogP contribution is 2.26. The molecule has 0 N–H and O–H groups in total. The van der Waals surface area contributed by atoms with Gasteiger partial charge in [-0.3, -0.25) is 10.1 Å². The average Bonchev–Trinajstić information content (AvgIpc) is 2.28. The Morgan fingerprint density at radius 2 is 1.84 bits per heavy atom. The van der Waals surface area contributed by atoms with Crippen LogP contribution < -0.4 is 0 Å². The minimum atomic E-state index is -4.54. The maximum absolute atomic E-state index is 12.9. The highest BCUT2D eigenvalue weighted by Gasteiger charge is 2.53. The van der Waals surface area contributed by atoms with Crippen LogP contribution in [0.4, 0.5) is 8.78 Å². The minimum absolute atomic E-state index is 0.239. The molecule has 0 aliphatic carbocycles. The normalized spacial score (nSPS) is 14.1. The number of nitrogens with zero attached hydrogens (tertiary/aromatic N) is 1. The average molecular weight is 316 g/mol. The number of hydrogen-bond acceptors (Lipinski definition) is 5. The van der Waals surface area contributed by atoms with Crippen LogP contribution in [-0.4, -0.2) is 25.5 Å². The molecule has 0 aliphatic heterocycles. The molecule has 1 rings (SSSR count). The lowest BCUT2D eigenvalue weighted by Gasteiger charge is -2.15. The fourth-order valence-electron chi connectivity index (χ4n) is 1.05. The zero-order valence-electron chi connectivity index (χ0n) is 9.42. The highest BCUT2D eigenvalue weighted by molar-refractivity contribution is 7.86. The molecule has 1 unspecified atom stereocenters. The highest BCUT2D eigenvalue weighted by atomic mass is 35.5. The van der Waals surface area contributed by atoms with Crippen LogP contribution in [0.3, 0.4) is 0 Å². The van der Waals surface area contributed by atoms with Crippen LogP contribution in [0.2, 0.25) is 5.02 Å². The molecular weight excluding hydrogens is 308 g/mol. The van der Waals surface area contributed by atoms with E-state index in [1.165, 1.54) is 12.1 Å². The van der Waals surface area contributed by atoms with E-state index in [4.69, 9.17) is 11.6 Å². The van der Waals surface area contributed by atoms with E-state index in [0.717, 1.165) is 12.1 Å². The van der Waals surface area contributed by atoms with E-state index in [9.17, 15) is 27.3 Å². The van der Waals surface area contributed by atoms with Crippen LogP contribution >= 0.6 is 11.6 Å². The van der Waals surface area contributed by atoms with Gasteiger partial charge in [0.1, 0.15) is 0 Å². The number of benzene rings is 1. The summed E-state index contributed by atoms with van der Waals surface area (Å²) in [5, 5.41) is 10.3. The summed E-state index contributed by atoms with van der Waals surface area (Å²) in [7, 11) is -4.54. The smallest absolute Gasteiger partial charge is 0.259 e. The second-order valence-corrected chi connectivity index (χ2v) is 5.50. The zero-order chi connectivity index (χ0) is 14.8. The van der Waals surface area contributed by atoms with Gasteiger partial charge >= 0.3 is 6.05 Å². The van der Waals surface area contributed by atoms with Crippen molar-refractivity contribution in [2.24, 2.45) is 0 Å². The Morgan fingerprint density at radius 3 is 2.26 bits per heavy atom. The standard InChI is InChI=1S/C9H8ClF2NO5S/c1-6(9(11,12)13(14)15)18-19(16,17)8-4-2-7(10)3-5-8/h2-6H,1H3. The minimum Gasteiger partial charge on any atom is -0.259 e. The van der Waals surface area contributed by atoms with E-state index >= 15 is 0 Å². The summed E-state index contributed by atoms with van der Waals surface area (Å²) < 4.78 is 53.2. The first-order valence-electron chi connectivity index (χ1n) is 4.78. The van der Waals surface area contributed by atoms with Crippen molar-refractivity contribution in [2.45, 2.75) is 24.0 Å². The third-order valence-corrected chi connectivity index (χ3v) is 3.75. The molecule has 0 radical (unpaired) electrons. The fraction of sp³-hybridized carbons (Fsp3) is 0.333. The molecule has 106 valence electrons. The first-order valence-corrected chi connectivity index (χ1v) is 6.57. The lowest BCUT2D eigenvalue weighted by molar-refractivity contribution is -0.654. The van der Waals surface area contributed by atoms with Gasteiger partial charge in [-0.1, -0.05) is 11.6 Å². The number of rotatable bonds is 5. The van der Waals surface area contributed by atoms with Gasteiger partial charge in [0.2, 0.25) is 6.10 Å². The monoisotopic (exact) mass is 315 g/mol. The molecule has 0 saturated carbocycles. The molecule has 1 atom stereocenters. The molecule has 0 saturated heterocycles. The van der Waals surface area contributed by atoms with Gasteiger partial charge in [-0.05, 0) is 31.2 Å². The van der Waals surface area contributed by atoms with Crippen LogP contribution in [0.5, 0.6) is 0 Å². The Bertz CT molecular complexity index is 575. The van der Waals surface area contributed by atoms with Gasteiger partial charge in [-0.15, -0.1) is 8.78 Å². The van der Waals surface area contributed by atoms with Crippen molar-refractivity contribution in [3.05, 3.63) is 39.4 Å². The van der Waals surface area contributed by atoms with Crippen molar-refractivity contribution in [1.82, 2.24) is 0 Å². The van der Waals surface area contributed by atoms with Gasteiger partial charge in [-0.2, -0.15) is 8.42 Å². The first-order chi connectivity index (χ1) is 8.57. The predicted octanol–water partition coefficient (Wildman–Crippen LogP) is 2.30. The molecule has 0 heterocycles. The second-order valence-electron chi connectivity index (χ2n) is 3.49. The molecular formula is C9H8ClF2NO5S. The van der Waals surface area contributed by atoms with Crippen molar-refractivity contribution in [1.29, 1.82) is 0 Å². The van der Waals surface area contributed by atoms with Crippen LogP contribution in [0.25, 0.3) is 0 Å². The van der Waals surface area contributed by atoms with Crippen molar-refractivity contribution in [2.75, 3.05) is 0 Å². The van der Waals surface area contributed by atoms with Gasteiger partial charge in [0.15, 0.2) is 0 Å². The summed E-state index contributed by atoms with van der Waals surface area (Å²) in [4.78, 5) is 7.76. The Labute approximate surface area is 112 Å². The van der Waals surface area contributed by atoms with E-state index in [1.54, 1.807) is 0 Å². The van der Waals surface area contributed by atoms with Crippen molar-refractivity contribution >= 4 is 21.7 Å². The largest absolute Gasteiger partial charge is 0.538 e. The molecule has 0 aromatic heterocycles. The quantitative estimate of drug-likeness (QED) is 0.360. The number of hydrogen-bond donors (Lipinski definition) is 0. The Morgan fingerprint density at radius 1 is 1.37 bits per heavy atom. The van der Waals surface area contributed by atoms with Gasteiger partial charge in [0, 0.05) is 5.02 Å². The number of alkyl halides is 2. The molecule has 0 amide bonds. The molecule has 0 spiro atoms. The van der Waals surface area contributed by atoms with E-state index in [1.807, 2.05) is 0 Å². The van der Waals surface area contributed by atoms with Crippen LogP contribution in [0.15, 0.2) is 29.2 Å². The van der Waals surface area contributed by atoms with E-state index < -0.39 is 32.1 Å². The summed E-state index contributed by atoms with van der Waals surface area (Å²) in [5.41, 5.74) is 0. The van der Waals surface area contributed by atoms with Crippen LogP contribution in [0.1, 0.15) is 6.92 Å². The third-order valence-electron chi connectivity index (χ3n) is 2.11. The summed E-state index contributed by atoms with van der Waals surface area (Å²) in [5.74, 6) is 0. The van der Waals surface area contributed by atoms with E-state index in [2.05, 4.69) is 4.18 Å². The fourth-order valence-corrected chi connectivity index (χ4v) is 2.26. The van der Waals surface area contributed by atoms with Gasteiger partial charge in [-0.25, -0.2) is 4.18 Å². The third kappa shape index (κ3) is 3.58. The summed E-state index contributed by atoms with van der Waals surface area (Å²) in [6.07, 6.45) is -2.44. The summed E-state index contributed by atoms with van der Waals surface area (Å²) in [6, 6.07) is -0.00884. The van der Waals surface area contributed by atoms with Crippen molar-refractivity contribution in [3.63, 3.8) is 0 Å². The lowest BCUT2D eigenvalue weighted by Crippen LogP contribution is -2.41. The van der Waals surface area contributed by atoms with Crippen molar-refractivity contribution < 1.29 is 26.3 Å². The first kappa shape index (κ1) is 15.7. The summed E-state index contributed by atoms with van der Waals surface area (Å²) in [6.45, 7) is 0.594. The molecule has 1 aromatic carbocycles. The molecule has 0 fully saturated rings. The Balaban J connectivity index is 2.98. The molecule has 0 bridgehead atoms. The number of halogens is 3. The van der Waals surface area contributed by atoms with Gasteiger partial charge in [0.25, 0.3) is 10.1 Å². The maximum Gasteiger partial charge on any atom is 0.538 e. The molecule has 19 heavy (non-hydrogen) atoms. The van der Waals surface area contributed by atoms with E-state index in [0.29, 0.717) is 6.92 Å².